The SMILES string of the molecule is COc1cc(Nc2cc(C)nc(Nc3ccc(NC(=O)N(S)c4ccc(Cl)c(C(F)(F)F)c4)nc3)n2)[nH]n1. The van der Waals surface area contributed by atoms with Gasteiger partial charge in [-0.1, -0.05) is 24.4 Å². The van der Waals surface area contributed by atoms with Crippen LogP contribution in [0.15, 0.2) is 48.7 Å². The number of methoxy groups -OCH3 is 1. The summed E-state index contributed by atoms with van der Waals surface area (Å²) >= 11 is 9.63. The van der Waals surface area contributed by atoms with Crippen molar-refractivity contribution in [2.24, 2.45) is 0 Å². The standard InChI is InChI=1S/C22H19ClF3N9O2S/c1-11-7-17(30-18-9-19(37-2)34-33-18)31-20(28-11)29-12-3-6-16(27-10-12)32-21(36)35(38)13-4-5-15(23)14(8-13)22(24,25)26/h3-10,38H,1-2H3,(H,27,32,36)(H3,28,29,30,31,33,34). The van der Waals surface area contributed by atoms with E-state index in [1.54, 1.807) is 25.1 Å². The molecule has 1 aromatic carbocycles. The minimum atomic E-state index is -4.69. The molecule has 0 aliphatic rings. The molecule has 0 atom stereocenters. The molecule has 0 aliphatic carbocycles. The van der Waals surface area contributed by atoms with Crippen LogP contribution >= 0.6 is 24.4 Å². The second kappa shape index (κ2) is 11.0. The van der Waals surface area contributed by atoms with E-state index in [-0.39, 0.29) is 17.5 Å². The Balaban J connectivity index is 1.41. The Labute approximate surface area is 224 Å². The van der Waals surface area contributed by atoms with Crippen molar-refractivity contribution in [2.75, 3.05) is 27.4 Å². The summed E-state index contributed by atoms with van der Waals surface area (Å²) in [6, 6.07) is 8.65. The number of aromatic nitrogens is 5. The molecule has 2 amide bonds. The number of carbonyl (C=O) groups is 1. The Morgan fingerprint density at radius 2 is 1.89 bits per heavy atom. The molecule has 198 valence electrons. The van der Waals surface area contributed by atoms with Gasteiger partial charge in [0.2, 0.25) is 11.8 Å². The minimum Gasteiger partial charge on any atom is -0.480 e. The lowest BCUT2D eigenvalue weighted by molar-refractivity contribution is -0.137. The molecule has 38 heavy (non-hydrogen) atoms. The summed E-state index contributed by atoms with van der Waals surface area (Å²) in [6.07, 6.45) is -3.27. The zero-order valence-corrected chi connectivity index (χ0v) is 21.3. The number of hydrogen-bond acceptors (Lipinski definition) is 9. The van der Waals surface area contributed by atoms with Gasteiger partial charge in [-0.2, -0.15) is 18.2 Å². The Kier molecular flexibility index (Phi) is 7.78. The van der Waals surface area contributed by atoms with Gasteiger partial charge >= 0.3 is 12.2 Å². The maximum atomic E-state index is 13.1. The van der Waals surface area contributed by atoms with E-state index in [2.05, 4.69) is 53.9 Å². The number of pyridine rings is 1. The van der Waals surface area contributed by atoms with E-state index >= 15 is 0 Å². The number of carbonyl (C=O) groups excluding carboxylic acids is 1. The maximum absolute atomic E-state index is 13.1. The molecule has 0 fully saturated rings. The molecule has 0 bridgehead atoms. The highest BCUT2D eigenvalue weighted by Crippen LogP contribution is 2.37. The van der Waals surface area contributed by atoms with Crippen LogP contribution in [0.25, 0.3) is 0 Å². The summed E-state index contributed by atoms with van der Waals surface area (Å²) in [5, 5.41) is 14.8. The summed E-state index contributed by atoms with van der Waals surface area (Å²) in [5.41, 5.74) is -0.0235. The van der Waals surface area contributed by atoms with Gasteiger partial charge in [-0.25, -0.2) is 19.1 Å². The molecule has 0 spiro atoms. The van der Waals surface area contributed by atoms with Crippen LogP contribution in [0.3, 0.4) is 0 Å². The lowest BCUT2D eigenvalue weighted by atomic mass is 10.2. The number of H-pyrrole nitrogens is 1. The highest BCUT2D eigenvalue weighted by atomic mass is 35.5. The van der Waals surface area contributed by atoms with Crippen molar-refractivity contribution < 1.29 is 22.7 Å². The molecule has 0 saturated carbocycles. The monoisotopic (exact) mass is 565 g/mol. The third-order valence-corrected chi connectivity index (χ3v) is 5.57. The van der Waals surface area contributed by atoms with E-state index < -0.39 is 22.8 Å². The normalized spacial score (nSPS) is 11.1. The molecule has 0 radical (unpaired) electrons. The number of hydrogen-bond donors (Lipinski definition) is 5. The number of alkyl halides is 3. The van der Waals surface area contributed by atoms with Gasteiger partial charge in [0, 0.05) is 17.8 Å². The predicted molar refractivity (Wildman–Crippen MR) is 140 cm³/mol. The van der Waals surface area contributed by atoms with Gasteiger partial charge in [-0.05, 0) is 37.3 Å². The smallest absolute Gasteiger partial charge is 0.417 e. The molecule has 3 heterocycles. The van der Waals surface area contributed by atoms with Crippen molar-refractivity contribution in [3.8, 4) is 5.88 Å². The molecule has 0 unspecified atom stereocenters. The first kappa shape index (κ1) is 26.8. The van der Waals surface area contributed by atoms with Gasteiger partial charge in [-0.3, -0.25) is 10.4 Å². The van der Waals surface area contributed by atoms with Crippen molar-refractivity contribution in [1.29, 1.82) is 0 Å². The molecular formula is C22H19ClF3N9O2S. The highest BCUT2D eigenvalue weighted by molar-refractivity contribution is 7.82. The van der Waals surface area contributed by atoms with Crippen LogP contribution in [0.4, 0.5) is 52.7 Å². The minimum absolute atomic E-state index is 0.129. The summed E-state index contributed by atoms with van der Waals surface area (Å²) in [6.45, 7) is 1.80. The third-order valence-electron chi connectivity index (χ3n) is 4.83. The molecular weight excluding hydrogens is 547 g/mol. The van der Waals surface area contributed by atoms with Crippen LogP contribution in [0.5, 0.6) is 5.88 Å². The number of anilines is 6. The fourth-order valence-corrected chi connectivity index (χ4v) is 3.51. The number of rotatable bonds is 7. The van der Waals surface area contributed by atoms with Crippen LogP contribution in [0.2, 0.25) is 5.02 Å². The Morgan fingerprint density at radius 1 is 1.11 bits per heavy atom. The quantitative estimate of drug-likeness (QED) is 0.174. The number of nitrogens with zero attached hydrogens (tertiary/aromatic N) is 5. The van der Waals surface area contributed by atoms with Crippen molar-refractivity contribution in [3.05, 3.63) is 64.9 Å². The Hall–Kier alpha value is -4.24. The Bertz CT molecular complexity index is 1450. The average Bonchev–Trinajstić information content (AvgIpc) is 3.31. The van der Waals surface area contributed by atoms with Gasteiger partial charge in [0.25, 0.3) is 0 Å². The van der Waals surface area contributed by atoms with E-state index in [4.69, 9.17) is 16.3 Å². The summed E-state index contributed by atoms with van der Waals surface area (Å²) in [4.78, 5) is 25.4. The zero-order valence-electron chi connectivity index (χ0n) is 19.6. The van der Waals surface area contributed by atoms with Crippen LogP contribution in [0, 0.1) is 6.92 Å². The second-order valence-electron chi connectivity index (χ2n) is 7.63. The Morgan fingerprint density at radius 3 is 2.55 bits per heavy atom. The van der Waals surface area contributed by atoms with Crippen LogP contribution < -0.4 is 25.0 Å². The number of aryl methyl sites for hydroxylation is 1. The van der Waals surface area contributed by atoms with Crippen molar-refractivity contribution in [2.45, 2.75) is 13.1 Å². The van der Waals surface area contributed by atoms with Crippen LogP contribution in [-0.4, -0.2) is 38.3 Å². The number of ether oxygens (including phenoxy) is 1. The second-order valence-corrected chi connectivity index (χ2v) is 8.44. The van der Waals surface area contributed by atoms with Gasteiger partial charge in [0.05, 0.1) is 35.3 Å². The fourth-order valence-electron chi connectivity index (χ4n) is 3.11. The molecule has 4 aromatic rings. The number of aromatic amines is 1. The number of nitrogens with one attached hydrogen (secondary N) is 4. The topological polar surface area (TPSA) is 133 Å². The molecule has 0 saturated heterocycles. The van der Waals surface area contributed by atoms with E-state index in [0.29, 0.717) is 33.2 Å². The molecule has 11 nitrogen and oxygen atoms in total. The lowest BCUT2D eigenvalue weighted by Crippen LogP contribution is -2.27. The number of urea groups is 1. The van der Waals surface area contributed by atoms with Gasteiger partial charge < -0.3 is 15.4 Å². The first-order valence-electron chi connectivity index (χ1n) is 10.6. The van der Waals surface area contributed by atoms with Crippen LogP contribution in [0.1, 0.15) is 11.3 Å². The predicted octanol–water partition coefficient (Wildman–Crippen LogP) is 5.95. The van der Waals surface area contributed by atoms with E-state index in [0.717, 1.165) is 12.1 Å². The first-order chi connectivity index (χ1) is 18.0. The largest absolute Gasteiger partial charge is 0.480 e. The summed E-state index contributed by atoms with van der Waals surface area (Å²) in [7, 11) is 1.50. The van der Waals surface area contributed by atoms with Crippen molar-refractivity contribution >= 4 is 65.2 Å². The number of benzene rings is 1. The number of thiol groups is 1. The summed E-state index contributed by atoms with van der Waals surface area (Å²) < 4.78 is 45.1. The first-order valence-corrected chi connectivity index (χ1v) is 11.4. The average molecular weight is 566 g/mol. The molecule has 0 aliphatic heterocycles. The van der Waals surface area contributed by atoms with Crippen molar-refractivity contribution in [3.63, 3.8) is 0 Å². The molecule has 4 rings (SSSR count). The van der Waals surface area contributed by atoms with Gasteiger partial charge in [-0.15, -0.1) is 5.10 Å². The lowest BCUT2D eigenvalue weighted by Gasteiger charge is -2.18. The van der Waals surface area contributed by atoms with Gasteiger partial charge in [0.15, 0.2) is 0 Å². The van der Waals surface area contributed by atoms with E-state index in [1.807, 2.05) is 0 Å². The molecule has 4 N–H and O–H groups in total. The third kappa shape index (κ3) is 6.54. The van der Waals surface area contributed by atoms with Gasteiger partial charge in [0.1, 0.15) is 17.5 Å². The van der Waals surface area contributed by atoms with Crippen LogP contribution in [-0.2, 0) is 6.18 Å². The zero-order chi connectivity index (χ0) is 27.4. The summed E-state index contributed by atoms with van der Waals surface area (Å²) in [5.74, 6) is 1.88. The number of halogens is 4. The molecule has 3 aromatic heterocycles. The maximum Gasteiger partial charge on any atom is 0.417 e. The van der Waals surface area contributed by atoms with E-state index in [1.165, 1.54) is 25.4 Å². The molecule has 16 heteroatoms. The van der Waals surface area contributed by atoms with E-state index in [9.17, 15) is 18.0 Å². The van der Waals surface area contributed by atoms with Crippen molar-refractivity contribution in [1.82, 2.24) is 25.1 Å². The number of amides is 2. The fraction of sp³-hybridized carbons (Fsp3) is 0.136. The highest BCUT2D eigenvalue weighted by Gasteiger charge is 2.34.